The predicted molar refractivity (Wildman–Crippen MR) is 74.3 cm³/mol. The highest BCUT2D eigenvalue weighted by atomic mass is 79.9. The van der Waals surface area contributed by atoms with Crippen LogP contribution in [-0.4, -0.2) is 17.6 Å². The van der Waals surface area contributed by atoms with E-state index in [9.17, 15) is 0 Å². The Morgan fingerprint density at radius 1 is 1.38 bits per heavy atom. The highest BCUT2D eigenvalue weighted by molar-refractivity contribution is 9.10. The summed E-state index contributed by atoms with van der Waals surface area (Å²) < 4.78 is 0.953. The summed E-state index contributed by atoms with van der Waals surface area (Å²) in [6, 6.07) is 2.31. The lowest BCUT2D eigenvalue weighted by molar-refractivity contribution is 0.565. The molecule has 1 rings (SSSR count). The average Bonchev–Trinajstić information content (AvgIpc) is 2.14. The maximum atomic E-state index is 5.90. The SMILES string of the molecule is CC(C)CN(c1ncc(Cl)cc1Br)C(C)C. The van der Waals surface area contributed by atoms with Gasteiger partial charge in [0, 0.05) is 18.8 Å². The third-order valence-electron chi connectivity index (χ3n) is 2.25. The lowest BCUT2D eigenvalue weighted by Gasteiger charge is -2.30. The van der Waals surface area contributed by atoms with Gasteiger partial charge in [0.05, 0.1) is 9.50 Å². The van der Waals surface area contributed by atoms with E-state index in [1.165, 1.54) is 0 Å². The van der Waals surface area contributed by atoms with E-state index in [2.05, 4.69) is 53.5 Å². The smallest absolute Gasteiger partial charge is 0.143 e. The maximum absolute atomic E-state index is 5.90. The normalized spacial score (nSPS) is 11.2. The molecule has 0 atom stereocenters. The zero-order valence-electron chi connectivity index (χ0n) is 10.2. The first-order valence-electron chi connectivity index (χ1n) is 5.49. The minimum absolute atomic E-state index is 0.423. The molecule has 0 aliphatic heterocycles. The number of hydrogen-bond acceptors (Lipinski definition) is 2. The summed E-state index contributed by atoms with van der Waals surface area (Å²) in [5.74, 6) is 1.57. The molecule has 0 spiro atoms. The fourth-order valence-electron chi connectivity index (χ4n) is 1.55. The summed E-state index contributed by atoms with van der Waals surface area (Å²) in [5.41, 5.74) is 0. The van der Waals surface area contributed by atoms with Crippen LogP contribution in [-0.2, 0) is 0 Å². The van der Waals surface area contributed by atoms with Gasteiger partial charge in [0.2, 0.25) is 0 Å². The molecule has 0 saturated heterocycles. The molecule has 0 fully saturated rings. The number of aromatic nitrogens is 1. The van der Waals surface area contributed by atoms with Crippen LogP contribution in [0.15, 0.2) is 16.7 Å². The van der Waals surface area contributed by atoms with E-state index in [1.807, 2.05) is 6.07 Å². The fraction of sp³-hybridized carbons (Fsp3) is 0.583. The second-order valence-electron chi connectivity index (χ2n) is 4.60. The highest BCUT2D eigenvalue weighted by Gasteiger charge is 2.16. The summed E-state index contributed by atoms with van der Waals surface area (Å²) in [5, 5.41) is 0.656. The molecule has 0 aromatic carbocycles. The Labute approximate surface area is 111 Å². The first-order valence-corrected chi connectivity index (χ1v) is 6.66. The molecular formula is C12H18BrClN2. The van der Waals surface area contributed by atoms with Gasteiger partial charge in [0.25, 0.3) is 0 Å². The van der Waals surface area contributed by atoms with Crippen LogP contribution in [0.3, 0.4) is 0 Å². The number of nitrogens with zero attached hydrogens (tertiary/aromatic N) is 2. The Bertz CT molecular complexity index is 353. The third kappa shape index (κ3) is 3.63. The molecule has 1 aromatic heterocycles. The second-order valence-corrected chi connectivity index (χ2v) is 5.89. The van der Waals surface area contributed by atoms with E-state index >= 15 is 0 Å². The number of hydrogen-bond donors (Lipinski definition) is 0. The van der Waals surface area contributed by atoms with Crippen LogP contribution in [0, 0.1) is 5.92 Å². The van der Waals surface area contributed by atoms with Crippen molar-refractivity contribution in [1.29, 1.82) is 0 Å². The lowest BCUT2D eigenvalue weighted by atomic mass is 10.2. The predicted octanol–water partition coefficient (Wildman–Crippen LogP) is 4.37. The van der Waals surface area contributed by atoms with Crippen molar-refractivity contribution >= 4 is 33.3 Å². The molecule has 0 aliphatic carbocycles. The van der Waals surface area contributed by atoms with Crippen molar-refractivity contribution in [1.82, 2.24) is 4.98 Å². The van der Waals surface area contributed by atoms with Gasteiger partial charge >= 0.3 is 0 Å². The van der Waals surface area contributed by atoms with Gasteiger partial charge in [-0.05, 0) is 41.8 Å². The van der Waals surface area contributed by atoms with Gasteiger partial charge in [-0.3, -0.25) is 0 Å². The van der Waals surface area contributed by atoms with Crippen molar-refractivity contribution in [3.63, 3.8) is 0 Å². The first kappa shape index (κ1) is 13.8. The van der Waals surface area contributed by atoms with E-state index in [1.54, 1.807) is 6.20 Å². The van der Waals surface area contributed by atoms with E-state index in [0.29, 0.717) is 17.0 Å². The Morgan fingerprint density at radius 3 is 2.44 bits per heavy atom. The molecule has 2 nitrogen and oxygen atoms in total. The number of pyridine rings is 1. The third-order valence-corrected chi connectivity index (χ3v) is 3.04. The average molecular weight is 306 g/mol. The van der Waals surface area contributed by atoms with Crippen LogP contribution in [0.25, 0.3) is 0 Å². The zero-order valence-corrected chi connectivity index (χ0v) is 12.5. The Kier molecular flexibility index (Phi) is 5.06. The molecule has 0 saturated carbocycles. The van der Waals surface area contributed by atoms with Crippen LogP contribution in [0.2, 0.25) is 5.02 Å². The van der Waals surface area contributed by atoms with E-state index in [0.717, 1.165) is 16.8 Å². The molecule has 0 amide bonds. The topological polar surface area (TPSA) is 16.1 Å². The van der Waals surface area contributed by atoms with Crippen molar-refractivity contribution in [2.75, 3.05) is 11.4 Å². The van der Waals surface area contributed by atoms with Gasteiger partial charge in [0.1, 0.15) is 5.82 Å². The van der Waals surface area contributed by atoms with E-state index < -0.39 is 0 Å². The number of rotatable bonds is 4. The van der Waals surface area contributed by atoms with Gasteiger partial charge in [0.15, 0.2) is 0 Å². The van der Waals surface area contributed by atoms with Crippen molar-refractivity contribution < 1.29 is 0 Å². The number of anilines is 1. The van der Waals surface area contributed by atoms with Gasteiger partial charge in [-0.2, -0.15) is 0 Å². The van der Waals surface area contributed by atoms with Gasteiger partial charge in [-0.25, -0.2) is 4.98 Å². The Balaban J connectivity index is 3.01. The summed E-state index contributed by atoms with van der Waals surface area (Å²) in [6.45, 7) is 9.75. The summed E-state index contributed by atoms with van der Waals surface area (Å²) in [7, 11) is 0. The Morgan fingerprint density at radius 2 is 2.00 bits per heavy atom. The van der Waals surface area contributed by atoms with Gasteiger partial charge < -0.3 is 4.90 Å². The maximum Gasteiger partial charge on any atom is 0.143 e. The largest absolute Gasteiger partial charge is 0.353 e. The van der Waals surface area contributed by atoms with Crippen molar-refractivity contribution in [3.8, 4) is 0 Å². The monoisotopic (exact) mass is 304 g/mol. The van der Waals surface area contributed by atoms with E-state index in [-0.39, 0.29) is 0 Å². The first-order chi connectivity index (χ1) is 7.41. The van der Waals surface area contributed by atoms with E-state index in [4.69, 9.17) is 11.6 Å². The molecule has 0 unspecified atom stereocenters. The minimum atomic E-state index is 0.423. The molecule has 0 radical (unpaired) electrons. The molecular weight excluding hydrogens is 288 g/mol. The van der Waals surface area contributed by atoms with Crippen molar-refractivity contribution in [3.05, 3.63) is 21.8 Å². The van der Waals surface area contributed by atoms with Crippen LogP contribution in [0.4, 0.5) is 5.82 Å². The Hall–Kier alpha value is -0.280. The molecule has 1 heterocycles. The highest BCUT2D eigenvalue weighted by Crippen LogP contribution is 2.28. The molecule has 0 aliphatic rings. The summed E-state index contributed by atoms with van der Waals surface area (Å²) >= 11 is 9.41. The van der Waals surface area contributed by atoms with Crippen LogP contribution < -0.4 is 4.90 Å². The standard InChI is InChI=1S/C12H18BrClN2/c1-8(2)7-16(9(3)4)12-11(13)5-10(14)6-15-12/h5-6,8-9H,7H2,1-4H3. The molecule has 4 heteroatoms. The fourth-order valence-corrected chi connectivity index (χ4v) is 2.42. The molecule has 16 heavy (non-hydrogen) atoms. The minimum Gasteiger partial charge on any atom is -0.353 e. The molecule has 90 valence electrons. The number of halogens is 2. The van der Waals surface area contributed by atoms with Crippen molar-refractivity contribution in [2.24, 2.45) is 5.92 Å². The second kappa shape index (κ2) is 5.87. The van der Waals surface area contributed by atoms with Crippen molar-refractivity contribution in [2.45, 2.75) is 33.7 Å². The molecule has 0 N–H and O–H groups in total. The van der Waals surface area contributed by atoms with Gasteiger partial charge in [-0.15, -0.1) is 0 Å². The lowest BCUT2D eigenvalue weighted by Crippen LogP contribution is -2.35. The summed E-state index contributed by atoms with van der Waals surface area (Å²) in [6.07, 6.45) is 1.69. The summed E-state index contributed by atoms with van der Waals surface area (Å²) in [4.78, 5) is 6.68. The molecule has 1 aromatic rings. The van der Waals surface area contributed by atoms with Crippen LogP contribution in [0.5, 0.6) is 0 Å². The molecule has 0 bridgehead atoms. The quantitative estimate of drug-likeness (QED) is 0.821. The van der Waals surface area contributed by atoms with Gasteiger partial charge in [-0.1, -0.05) is 25.4 Å². The zero-order chi connectivity index (χ0) is 12.3. The van der Waals surface area contributed by atoms with Crippen LogP contribution in [0.1, 0.15) is 27.7 Å². The van der Waals surface area contributed by atoms with Crippen LogP contribution >= 0.6 is 27.5 Å².